The molecule has 3 aromatic rings. The maximum Gasteiger partial charge on any atom is 0.264 e. The molecule has 0 saturated carbocycles. The summed E-state index contributed by atoms with van der Waals surface area (Å²) in [4.78, 5) is 16.4. The van der Waals surface area contributed by atoms with Crippen LogP contribution in [0.3, 0.4) is 0 Å². The van der Waals surface area contributed by atoms with Gasteiger partial charge in [-0.3, -0.25) is 4.79 Å². The minimum Gasteiger partial charge on any atom is -0.492 e. The van der Waals surface area contributed by atoms with Gasteiger partial charge >= 0.3 is 0 Å². The van der Waals surface area contributed by atoms with Crippen LogP contribution in [0.25, 0.3) is 11.1 Å². The highest BCUT2D eigenvalue weighted by atomic mass is 35.5. The first-order chi connectivity index (χ1) is 15.5. The van der Waals surface area contributed by atoms with Crippen molar-refractivity contribution in [2.75, 3.05) is 26.0 Å². The van der Waals surface area contributed by atoms with Gasteiger partial charge in [-0.2, -0.15) is 0 Å². The van der Waals surface area contributed by atoms with Crippen LogP contribution in [0.5, 0.6) is 5.75 Å². The van der Waals surface area contributed by atoms with Crippen LogP contribution >= 0.6 is 34.7 Å². The number of thiophene rings is 1. The fourth-order valence-electron chi connectivity index (χ4n) is 4.70. The van der Waals surface area contributed by atoms with Crippen LogP contribution in [0.15, 0.2) is 52.7 Å². The van der Waals surface area contributed by atoms with E-state index in [9.17, 15) is 4.79 Å². The van der Waals surface area contributed by atoms with Crippen LogP contribution in [-0.2, 0) is 12.0 Å². The van der Waals surface area contributed by atoms with E-state index >= 15 is 0 Å². The molecular formula is C25H25ClN2O2S2. The zero-order valence-electron chi connectivity index (χ0n) is 17.9. The monoisotopic (exact) mass is 484 g/mol. The standard InChI is InChI=1S/C25H25ClN2O2S2/c1-31-22-13-19(17-3-5-18(26)6-4-17)23(32-22)24(29)28-10-8-25(9-11-28)15-30-21-7-2-16(14-27)12-20(21)25/h2-7,12-13H,8-11,14-15,27H2,1H3. The lowest BCUT2D eigenvalue weighted by Gasteiger charge is -2.38. The molecule has 32 heavy (non-hydrogen) atoms. The Bertz CT molecular complexity index is 1150. The van der Waals surface area contributed by atoms with Crippen molar-refractivity contribution in [2.24, 2.45) is 5.73 Å². The summed E-state index contributed by atoms with van der Waals surface area (Å²) in [5.41, 5.74) is 10.3. The molecule has 2 N–H and O–H groups in total. The van der Waals surface area contributed by atoms with Crippen LogP contribution in [0.1, 0.15) is 33.6 Å². The predicted molar refractivity (Wildman–Crippen MR) is 133 cm³/mol. The number of fused-ring (bicyclic) bond motifs is 2. The molecule has 1 fully saturated rings. The third-order valence-electron chi connectivity index (χ3n) is 6.62. The first-order valence-electron chi connectivity index (χ1n) is 10.7. The topological polar surface area (TPSA) is 55.6 Å². The number of carbonyl (C=O) groups excluding carboxylic acids is 1. The van der Waals surface area contributed by atoms with Crippen molar-refractivity contribution in [3.8, 4) is 16.9 Å². The quantitative estimate of drug-likeness (QED) is 0.474. The average Bonchev–Trinajstić information content (AvgIpc) is 3.42. The lowest BCUT2D eigenvalue weighted by molar-refractivity contribution is 0.0652. The Morgan fingerprint density at radius 3 is 2.62 bits per heavy atom. The summed E-state index contributed by atoms with van der Waals surface area (Å²) in [6, 6.07) is 16.1. The molecule has 1 spiro atoms. The summed E-state index contributed by atoms with van der Waals surface area (Å²) < 4.78 is 7.16. The fraction of sp³-hybridized carbons (Fsp3) is 0.320. The Balaban J connectivity index is 1.38. The fourth-order valence-corrected chi connectivity index (χ4v) is 6.53. The molecule has 0 unspecified atom stereocenters. The molecule has 0 aliphatic carbocycles. The van der Waals surface area contributed by atoms with Gasteiger partial charge in [-0.1, -0.05) is 35.9 Å². The number of rotatable bonds is 4. The summed E-state index contributed by atoms with van der Waals surface area (Å²) in [6.07, 6.45) is 3.84. The molecular weight excluding hydrogens is 460 g/mol. The summed E-state index contributed by atoms with van der Waals surface area (Å²) in [5, 5.41) is 0.695. The molecule has 1 aromatic heterocycles. The van der Waals surface area contributed by atoms with Crippen molar-refractivity contribution in [3.05, 3.63) is 69.6 Å². The van der Waals surface area contributed by atoms with Crippen molar-refractivity contribution in [1.82, 2.24) is 4.90 Å². The summed E-state index contributed by atoms with van der Waals surface area (Å²) in [6.45, 7) is 2.66. The molecule has 1 saturated heterocycles. The smallest absolute Gasteiger partial charge is 0.264 e. The second kappa shape index (κ2) is 8.75. The molecule has 1 amide bonds. The van der Waals surface area contributed by atoms with E-state index in [4.69, 9.17) is 22.1 Å². The van der Waals surface area contributed by atoms with E-state index in [1.807, 2.05) is 47.6 Å². The van der Waals surface area contributed by atoms with Gasteiger partial charge in [-0.25, -0.2) is 0 Å². The molecule has 2 aliphatic heterocycles. The van der Waals surface area contributed by atoms with Crippen molar-refractivity contribution >= 4 is 40.6 Å². The highest BCUT2D eigenvalue weighted by molar-refractivity contribution is 8.00. The highest BCUT2D eigenvalue weighted by Gasteiger charge is 2.44. The molecule has 0 bridgehead atoms. The number of ether oxygens (including phenoxy) is 1. The normalized spacial score (nSPS) is 16.8. The number of likely N-dealkylation sites (tertiary alicyclic amines) is 1. The number of thioether (sulfide) groups is 1. The predicted octanol–water partition coefficient (Wildman–Crippen LogP) is 5.82. The number of benzene rings is 2. The van der Waals surface area contributed by atoms with Gasteiger partial charge in [0.2, 0.25) is 0 Å². The van der Waals surface area contributed by atoms with Crippen LogP contribution in [0.4, 0.5) is 0 Å². The van der Waals surface area contributed by atoms with Crippen molar-refractivity contribution in [3.63, 3.8) is 0 Å². The molecule has 7 heteroatoms. The first-order valence-corrected chi connectivity index (χ1v) is 13.1. The van der Waals surface area contributed by atoms with Crippen molar-refractivity contribution in [2.45, 2.75) is 29.0 Å². The molecule has 5 rings (SSSR count). The number of piperidine rings is 1. The lowest BCUT2D eigenvalue weighted by Crippen LogP contribution is -2.46. The Labute approximate surface area is 201 Å². The van der Waals surface area contributed by atoms with Gasteiger partial charge in [0.05, 0.1) is 10.8 Å². The van der Waals surface area contributed by atoms with Crippen LogP contribution in [0.2, 0.25) is 5.02 Å². The van der Waals surface area contributed by atoms with Crippen molar-refractivity contribution < 1.29 is 9.53 Å². The minimum atomic E-state index is -0.0177. The summed E-state index contributed by atoms with van der Waals surface area (Å²) in [7, 11) is 0. The van der Waals surface area contributed by atoms with E-state index < -0.39 is 0 Å². The Hall–Kier alpha value is -1.99. The molecule has 2 aliphatic rings. The van der Waals surface area contributed by atoms with Gasteiger partial charge in [0.25, 0.3) is 5.91 Å². The molecule has 166 valence electrons. The zero-order chi connectivity index (χ0) is 22.3. The maximum atomic E-state index is 13.6. The number of carbonyl (C=O) groups is 1. The Morgan fingerprint density at radius 1 is 1.19 bits per heavy atom. The summed E-state index contributed by atoms with van der Waals surface area (Å²) in [5.74, 6) is 1.08. The summed E-state index contributed by atoms with van der Waals surface area (Å²) >= 11 is 9.33. The molecule has 0 radical (unpaired) electrons. The van der Waals surface area contributed by atoms with Crippen LogP contribution < -0.4 is 10.5 Å². The van der Waals surface area contributed by atoms with Gasteiger partial charge < -0.3 is 15.4 Å². The van der Waals surface area contributed by atoms with Gasteiger partial charge in [0.15, 0.2) is 0 Å². The number of amides is 1. The second-order valence-corrected chi connectivity index (χ2v) is 11.0. The van der Waals surface area contributed by atoms with Gasteiger partial charge in [-0.05, 0) is 54.5 Å². The van der Waals surface area contributed by atoms with Gasteiger partial charge in [0.1, 0.15) is 10.6 Å². The number of nitrogens with two attached hydrogens (primary N) is 1. The second-order valence-electron chi connectivity index (χ2n) is 8.42. The van der Waals surface area contributed by atoms with Gasteiger partial charge in [-0.15, -0.1) is 23.1 Å². The molecule has 0 atom stereocenters. The zero-order valence-corrected chi connectivity index (χ0v) is 20.3. The van der Waals surface area contributed by atoms with Crippen LogP contribution in [0, 0.1) is 0 Å². The third kappa shape index (κ3) is 3.83. The van der Waals surface area contributed by atoms with Crippen LogP contribution in [-0.4, -0.2) is 36.8 Å². The van der Waals surface area contributed by atoms with E-state index in [0.717, 1.165) is 57.5 Å². The Morgan fingerprint density at radius 2 is 1.94 bits per heavy atom. The van der Waals surface area contributed by atoms with E-state index in [2.05, 4.69) is 12.1 Å². The molecule has 3 heterocycles. The van der Waals surface area contributed by atoms with Gasteiger partial charge in [0, 0.05) is 41.2 Å². The lowest BCUT2D eigenvalue weighted by atomic mass is 9.74. The maximum absolute atomic E-state index is 13.6. The highest BCUT2D eigenvalue weighted by Crippen LogP contribution is 2.46. The Kier molecular flexibility index (Phi) is 5.97. The van der Waals surface area contributed by atoms with Crippen molar-refractivity contribution in [1.29, 1.82) is 0 Å². The first kappa shape index (κ1) is 21.8. The third-order valence-corrected chi connectivity index (χ3v) is 9.06. The average molecular weight is 485 g/mol. The largest absolute Gasteiger partial charge is 0.492 e. The molecule has 2 aromatic carbocycles. The van der Waals surface area contributed by atoms with E-state index in [1.165, 1.54) is 5.56 Å². The number of halogens is 1. The van der Waals surface area contributed by atoms with E-state index in [1.54, 1.807) is 23.1 Å². The number of hydrogen-bond donors (Lipinski definition) is 1. The number of nitrogens with zero attached hydrogens (tertiary/aromatic N) is 1. The minimum absolute atomic E-state index is 0.0177. The SMILES string of the molecule is CSc1cc(-c2ccc(Cl)cc2)c(C(=O)N2CCC3(CC2)COc2ccc(CN)cc23)s1. The van der Waals surface area contributed by atoms with E-state index in [-0.39, 0.29) is 11.3 Å². The van der Waals surface area contributed by atoms with E-state index in [0.29, 0.717) is 18.2 Å². The molecule has 4 nitrogen and oxygen atoms in total. The number of hydrogen-bond acceptors (Lipinski definition) is 5.